The molecule has 0 radical (unpaired) electrons. The Morgan fingerprint density at radius 2 is 1.96 bits per heavy atom. The summed E-state index contributed by atoms with van der Waals surface area (Å²) in [6.45, 7) is 9.08. The van der Waals surface area contributed by atoms with Crippen molar-refractivity contribution in [2.45, 2.75) is 33.2 Å². The van der Waals surface area contributed by atoms with E-state index < -0.39 is 0 Å². The van der Waals surface area contributed by atoms with Gasteiger partial charge in [0.05, 0.1) is 25.8 Å². The lowest BCUT2D eigenvalue weighted by Gasteiger charge is -2.33. The third kappa shape index (κ3) is 5.86. The third-order valence-corrected chi connectivity index (χ3v) is 4.55. The summed E-state index contributed by atoms with van der Waals surface area (Å²) in [4.78, 5) is 26.1. The minimum absolute atomic E-state index is 0.00378. The molecule has 2 unspecified atom stereocenters. The molecule has 0 spiro atoms. The number of nitrogens with zero attached hydrogens (tertiary/aromatic N) is 1. The van der Waals surface area contributed by atoms with Crippen LogP contribution < -0.4 is 10.6 Å². The van der Waals surface area contributed by atoms with Gasteiger partial charge in [-0.2, -0.15) is 0 Å². The summed E-state index contributed by atoms with van der Waals surface area (Å²) < 4.78 is 11.2. The van der Waals surface area contributed by atoms with Crippen LogP contribution in [0.4, 0.5) is 0 Å². The van der Waals surface area contributed by atoms with Gasteiger partial charge < -0.3 is 19.8 Å². The molecule has 1 saturated heterocycles. The first-order valence-corrected chi connectivity index (χ1v) is 8.93. The van der Waals surface area contributed by atoms with Gasteiger partial charge in [0.1, 0.15) is 11.5 Å². The average Bonchev–Trinajstić information content (AvgIpc) is 3.06. The molecule has 2 heterocycles. The second-order valence-electron chi connectivity index (χ2n) is 6.44. The van der Waals surface area contributed by atoms with Gasteiger partial charge in [-0.1, -0.05) is 13.8 Å². The van der Waals surface area contributed by atoms with E-state index in [1.807, 2.05) is 32.9 Å². The SMILES string of the molecule is CCC(C)C(=O)NCC(=O)NCC(c1ccc(C)o1)N1CCOCC1. The van der Waals surface area contributed by atoms with E-state index in [9.17, 15) is 9.59 Å². The number of carbonyl (C=O) groups excluding carboxylic acids is 2. The number of ether oxygens (including phenoxy) is 1. The van der Waals surface area contributed by atoms with E-state index in [2.05, 4.69) is 15.5 Å². The normalized spacial score (nSPS) is 17.7. The molecular weight excluding hydrogens is 322 g/mol. The monoisotopic (exact) mass is 351 g/mol. The second kappa shape index (κ2) is 9.58. The number of nitrogens with one attached hydrogen (secondary N) is 2. The highest BCUT2D eigenvalue weighted by molar-refractivity contribution is 5.85. The van der Waals surface area contributed by atoms with Crippen LogP contribution in [-0.4, -0.2) is 56.1 Å². The van der Waals surface area contributed by atoms with Gasteiger partial charge in [-0.3, -0.25) is 14.5 Å². The van der Waals surface area contributed by atoms with Crippen LogP contribution in [0.5, 0.6) is 0 Å². The Labute approximate surface area is 149 Å². The van der Waals surface area contributed by atoms with Crippen LogP contribution >= 0.6 is 0 Å². The van der Waals surface area contributed by atoms with Gasteiger partial charge in [-0.15, -0.1) is 0 Å². The first kappa shape index (κ1) is 19.5. The van der Waals surface area contributed by atoms with Crippen LogP contribution in [0.3, 0.4) is 0 Å². The summed E-state index contributed by atoms with van der Waals surface area (Å²) in [6.07, 6.45) is 0.754. The van der Waals surface area contributed by atoms with Crippen LogP contribution in [0.2, 0.25) is 0 Å². The molecule has 2 rings (SSSR count). The first-order valence-electron chi connectivity index (χ1n) is 8.93. The average molecular weight is 351 g/mol. The summed E-state index contributed by atoms with van der Waals surface area (Å²) in [5.74, 6) is 1.31. The molecule has 0 bridgehead atoms. The van der Waals surface area contributed by atoms with Crippen LogP contribution in [0.15, 0.2) is 16.5 Å². The van der Waals surface area contributed by atoms with E-state index in [-0.39, 0.29) is 30.3 Å². The Morgan fingerprint density at radius 3 is 2.56 bits per heavy atom. The van der Waals surface area contributed by atoms with Gasteiger partial charge in [0.2, 0.25) is 11.8 Å². The molecule has 1 fully saturated rings. The van der Waals surface area contributed by atoms with E-state index in [4.69, 9.17) is 9.15 Å². The number of hydrogen-bond donors (Lipinski definition) is 2. The molecule has 2 amide bonds. The van der Waals surface area contributed by atoms with Crippen molar-refractivity contribution >= 4 is 11.8 Å². The Kier molecular flexibility index (Phi) is 7.46. The molecular formula is C18H29N3O4. The van der Waals surface area contributed by atoms with Crippen LogP contribution in [0, 0.1) is 12.8 Å². The van der Waals surface area contributed by atoms with Gasteiger partial charge in [0.25, 0.3) is 0 Å². The van der Waals surface area contributed by atoms with Crippen molar-refractivity contribution in [1.82, 2.24) is 15.5 Å². The number of aryl methyl sites for hydroxylation is 1. The highest BCUT2D eigenvalue weighted by atomic mass is 16.5. The smallest absolute Gasteiger partial charge is 0.239 e. The lowest BCUT2D eigenvalue weighted by Crippen LogP contribution is -2.45. The minimum Gasteiger partial charge on any atom is -0.465 e. The van der Waals surface area contributed by atoms with E-state index in [0.717, 1.165) is 31.0 Å². The van der Waals surface area contributed by atoms with Gasteiger partial charge >= 0.3 is 0 Å². The van der Waals surface area contributed by atoms with Crippen molar-refractivity contribution in [3.05, 3.63) is 23.7 Å². The molecule has 140 valence electrons. The molecule has 0 aliphatic carbocycles. The number of morpholine rings is 1. The molecule has 2 N–H and O–H groups in total. The molecule has 7 nitrogen and oxygen atoms in total. The lowest BCUT2D eigenvalue weighted by molar-refractivity contribution is -0.128. The summed E-state index contributed by atoms with van der Waals surface area (Å²) in [6, 6.07) is 3.84. The standard InChI is InChI=1S/C18H29N3O4/c1-4-13(2)18(23)20-12-17(22)19-11-15(16-6-5-14(3)25-16)21-7-9-24-10-8-21/h5-6,13,15H,4,7-12H2,1-3H3,(H,19,22)(H,20,23). The van der Waals surface area contributed by atoms with Crippen LogP contribution in [-0.2, 0) is 14.3 Å². The summed E-state index contributed by atoms with van der Waals surface area (Å²) in [5, 5.41) is 5.58. The number of furan rings is 1. The van der Waals surface area contributed by atoms with E-state index >= 15 is 0 Å². The maximum absolute atomic E-state index is 12.1. The topological polar surface area (TPSA) is 83.8 Å². The second-order valence-corrected chi connectivity index (χ2v) is 6.44. The maximum atomic E-state index is 12.1. The zero-order chi connectivity index (χ0) is 18.2. The minimum atomic E-state index is -0.196. The molecule has 0 saturated carbocycles. The highest BCUT2D eigenvalue weighted by Gasteiger charge is 2.25. The van der Waals surface area contributed by atoms with Crippen molar-refractivity contribution in [2.75, 3.05) is 39.4 Å². The van der Waals surface area contributed by atoms with Crippen molar-refractivity contribution in [3.8, 4) is 0 Å². The van der Waals surface area contributed by atoms with Crippen LogP contribution in [0.25, 0.3) is 0 Å². The maximum Gasteiger partial charge on any atom is 0.239 e. The summed E-state index contributed by atoms with van der Waals surface area (Å²) in [5.41, 5.74) is 0. The molecule has 7 heteroatoms. The molecule has 25 heavy (non-hydrogen) atoms. The zero-order valence-electron chi connectivity index (χ0n) is 15.3. The van der Waals surface area contributed by atoms with Gasteiger partial charge in [-0.05, 0) is 25.5 Å². The van der Waals surface area contributed by atoms with Crippen molar-refractivity contribution in [2.24, 2.45) is 5.92 Å². The first-order chi connectivity index (χ1) is 12.0. The molecule has 1 aromatic heterocycles. The van der Waals surface area contributed by atoms with E-state index in [1.54, 1.807) is 0 Å². The Morgan fingerprint density at radius 1 is 1.24 bits per heavy atom. The van der Waals surface area contributed by atoms with Crippen LogP contribution in [0.1, 0.15) is 37.8 Å². The van der Waals surface area contributed by atoms with E-state index in [0.29, 0.717) is 19.8 Å². The summed E-state index contributed by atoms with van der Waals surface area (Å²) >= 11 is 0. The number of carbonyl (C=O) groups is 2. The number of rotatable bonds is 8. The molecule has 1 aliphatic heterocycles. The predicted octanol–water partition coefficient (Wildman–Crippen LogP) is 1.24. The van der Waals surface area contributed by atoms with Crippen molar-refractivity contribution < 1.29 is 18.7 Å². The Hall–Kier alpha value is -1.86. The van der Waals surface area contributed by atoms with Crippen molar-refractivity contribution in [1.29, 1.82) is 0 Å². The van der Waals surface area contributed by atoms with E-state index in [1.165, 1.54) is 0 Å². The predicted molar refractivity (Wildman–Crippen MR) is 94.1 cm³/mol. The molecule has 0 aromatic carbocycles. The highest BCUT2D eigenvalue weighted by Crippen LogP contribution is 2.23. The van der Waals surface area contributed by atoms with Gasteiger partial charge in [0, 0.05) is 25.6 Å². The molecule has 1 aromatic rings. The molecule has 1 aliphatic rings. The third-order valence-electron chi connectivity index (χ3n) is 4.55. The summed E-state index contributed by atoms with van der Waals surface area (Å²) in [7, 11) is 0. The Balaban J connectivity index is 1.88. The molecule has 2 atom stereocenters. The fourth-order valence-corrected chi connectivity index (χ4v) is 2.73. The number of amides is 2. The van der Waals surface area contributed by atoms with Gasteiger partial charge in [0.15, 0.2) is 0 Å². The fraction of sp³-hybridized carbons (Fsp3) is 0.667. The quantitative estimate of drug-likeness (QED) is 0.736. The largest absolute Gasteiger partial charge is 0.465 e. The Bertz CT molecular complexity index is 566. The number of hydrogen-bond acceptors (Lipinski definition) is 5. The lowest BCUT2D eigenvalue weighted by atomic mass is 10.1. The van der Waals surface area contributed by atoms with Gasteiger partial charge in [-0.25, -0.2) is 0 Å². The fourth-order valence-electron chi connectivity index (χ4n) is 2.73. The van der Waals surface area contributed by atoms with Crippen molar-refractivity contribution in [3.63, 3.8) is 0 Å². The zero-order valence-corrected chi connectivity index (χ0v) is 15.3.